The van der Waals surface area contributed by atoms with Gasteiger partial charge in [-0.3, -0.25) is 9.59 Å². The molecule has 0 unspecified atom stereocenters. The van der Waals surface area contributed by atoms with Crippen LogP contribution in [0.15, 0.2) is 66.9 Å². The van der Waals surface area contributed by atoms with Crippen molar-refractivity contribution >= 4 is 23.3 Å². The lowest BCUT2D eigenvalue weighted by molar-refractivity contribution is -0.136. The third-order valence-corrected chi connectivity index (χ3v) is 5.70. The Bertz CT molecular complexity index is 953. The van der Waals surface area contributed by atoms with Gasteiger partial charge in [-0.05, 0) is 47.3 Å². The predicted octanol–water partition coefficient (Wildman–Crippen LogP) is 3.38. The maximum atomic E-state index is 12.9. The average molecular weight is 391 g/mol. The summed E-state index contributed by atoms with van der Waals surface area (Å²) in [7, 11) is 0. The first kappa shape index (κ1) is 18.4. The Hall–Kier alpha value is -2.99. The molecule has 0 saturated carbocycles. The predicted molar refractivity (Wildman–Crippen MR) is 110 cm³/mol. The summed E-state index contributed by atoms with van der Waals surface area (Å²) in [5.41, 5.74) is 2.52. The van der Waals surface area contributed by atoms with E-state index in [4.69, 9.17) is 0 Å². The molecule has 2 amide bonds. The highest BCUT2D eigenvalue weighted by atomic mass is 32.1. The summed E-state index contributed by atoms with van der Waals surface area (Å²) >= 11 is 1.39. The minimum atomic E-state index is -0.567. The van der Waals surface area contributed by atoms with E-state index < -0.39 is 6.04 Å². The molecule has 28 heavy (non-hydrogen) atoms. The van der Waals surface area contributed by atoms with Crippen molar-refractivity contribution in [1.29, 1.82) is 0 Å². The molecule has 0 spiro atoms. The molecule has 0 radical (unpaired) electrons. The molecule has 2 heterocycles. The van der Waals surface area contributed by atoms with Crippen LogP contribution in [0.5, 0.6) is 0 Å². The number of carbonyl (C=O) groups excluding carboxylic acids is 2. The van der Waals surface area contributed by atoms with Crippen molar-refractivity contribution in [1.82, 2.24) is 14.6 Å². The summed E-state index contributed by atoms with van der Waals surface area (Å²) in [6.45, 7) is 1.53. The molecule has 1 aliphatic rings. The number of nitrogens with zero attached hydrogens (tertiary/aromatic N) is 2. The Morgan fingerprint density at radius 1 is 1.07 bits per heavy atom. The number of benzene rings is 2. The normalized spacial score (nSPS) is 14.2. The average Bonchev–Trinajstić information content (AvgIpc) is 3.22. The lowest BCUT2D eigenvalue weighted by Crippen LogP contribution is -2.53. The summed E-state index contributed by atoms with van der Waals surface area (Å²) in [5, 5.41) is 2.96. The Morgan fingerprint density at radius 2 is 1.89 bits per heavy atom. The van der Waals surface area contributed by atoms with Crippen LogP contribution in [0.25, 0.3) is 10.4 Å². The Kier molecular flexibility index (Phi) is 5.48. The fourth-order valence-electron chi connectivity index (χ4n) is 3.23. The lowest BCUT2D eigenvalue weighted by Gasteiger charge is -2.34. The number of rotatable bonds is 6. The standard InChI is InChI=1S/C22H21N3O2S/c26-21(18-9-4-8-17(15-18)20-10-11-23-28-20)24-19(22(27)25-12-5-13-25)14-16-6-2-1-3-7-16/h1-4,6-11,15,19H,5,12-14H2,(H,24,26)/t19-/m1/s1. The number of carbonyl (C=O) groups is 2. The SMILES string of the molecule is O=C(N[C@H](Cc1ccccc1)C(=O)N1CCC1)c1cccc(-c2ccns2)c1. The van der Waals surface area contributed by atoms with Crippen LogP contribution >= 0.6 is 11.5 Å². The van der Waals surface area contributed by atoms with Crippen molar-refractivity contribution < 1.29 is 9.59 Å². The minimum absolute atomic E-state index is 0.0120. The molecule has 1 aliphatic heterocycles. The summed E-state index contributed by atoms with van der Waals surface area (Å²) in [5.74, 6) is -0.247. The Balaban J connectivity index is 1.53. The van der Waals surface area contributed by atoms with E-state index in [1.54, 1.807) is 12.3 Å². The van der Waals surface area contributed by atoms with Crippen LogP contribution in [0, 0.1) is 0 Å². The van der Waals surface area contributed by atoms with E-state index in [0.717, 1.165) is 35.5 Å². The number of likely N-dealkylation sites (tertiary alicyclic amines) is 1. The fourth-order valence-corrected chi connectivity index (χ4v) is 3.82. The van der Waals surface area contributed by atoms with Gasteiger partial charge in [0.1, 0.15) is 6.04 Å². The van der Waals surface area contributed by atoms with Crippen molar-refractivity contribution in [3.05, 3.63) is 78.0 Å². The fraction of sp³-hybridized carbons (Fsp3) is 0.227. The monoisotopic (exact) mass is 391 g/mol. The van der Waals surface area contributed by atoms with Crippen LogP contribution in [-0.2, 0) is 11.2 Å². The molecule has 1 aromatic heterocycles. The van der Waals surface area contributed by atoms with Gasteiger partial charge in [-0.1, -0.05) is 42.5 Å². The van der Waals surface area contributed by atoms with Crippen LogP contribution in [0.3, 0.4) is 0 Å². The zero-order valence-electron chi connectivity index (χ0n) is 15.4. The maximum absolute atomic E-state index is 12.9. The largest absolute Gasteiger partial charge is 0.341 e. The van der Waals surface area contributed by atoms with E-state index in [2.05, 4.69) is 9.69 Å². The highest BCUT2D eigenvalue weighted by Crippen LogP contribution is 2.23. The van der Waals surface area contributed by atoms with Gasteiger partial charge in [0.25, 0.3) is 5.91 Å². The summed E-state index contributed by atoms with van der Waals surface area (Å²) in [6.07, 6.45) is 3.25. The smallest absolute Gasteiger partial charge is 0.251 e. The summed E-state index contributed by atoms with van der Waals surface area (Å²) < 4.78 is 4.12. The Morgan fingerprint density at radius 3 is 2.57 bits per heavy atom. The number of hydrogen-bond acceptors (Lipinski definition) is 4. The molecule has 0 aliphatic carbocycles. The minimum Gasteiger partial charge on any atom is -0.341 e. The van der Waals surface area contributed by atoms with Gasteiger partial charge < -0.3 is 10.2 Å². The second-order valence-corrected chi connectivity index (χ2v) is 7.69. The van der Waals surface area contributed by atoms with Gasteiger partial charge in [-0.25, -0.2) is 4.37 Å². The zero-order valence-corrected chi connectivity index (χ0v) is 16.2. The summed E-state index contributed by atoms with van der Waals surface area (Å²) in [4.78, 5) is 28.6. The van der Waals surface area contributed by atoms with Crippen LogP contribution in [0.4, 0.5) is 0 Å². The Labute approximate surface area is 168 Å². The van der Waals surface area contributed by atoms with Crippen molar-refractivity contribution in [3.8, 4) is 10.4 Å². The molecule has 142 valence electrons. The summed E-state index contributed by atoms with van der Waals surface area (Å²) in [6, 6.07) is 18.6. The first-order valence-corrected chi connectivity index (χ1v) is 10.1. The molecular weight excluding hydrogens is 370 g/mol. The van der Waals surface area contributed by atoms with Crippen molar-refractivity contribution in [2.45, 2.75) is 18.9 Å². The molecule has 6 heteroatoms. The van der Waals surface area contributed by atoms with Crippen molar-refractivity contribution in [3.63, 3.8) is 0 Å². The molecule has 1 saturated heterocycles. The van der Waals surface area contributed by atoms with Gasteiger partial charge in [-0.15, -0.1) is 0 Å². The van der Waals surface area contributed by atoms with Gasteiger partial charge in [0.05, 0.1) is 4.88 Å². The van der Waals surface area contributed by atoms with Gasteiger partial charge in [0.2, 0.25) is 5.91 Å². The third kappa shape index (κ3) is 4.12. The molecule has 0 bridgehead atoms. The number of nitrogens with one attached hydrogen (secondary N) is 1. The van der Waals surface area contributed by atoms with Crippen LogP contribution in [-0.4, -0.2) is 40.2 Å². The van der Waals surface area contributed by atoms with Gasteiger partial charge in [0.15, 0.2) is 0 Å². The van der Waals surface area contributed by atoms with Crippen LogP contribution in [0.2, 0.25) is 0 Å². The van der Waals surface area contributed by atoms with E-state index in [1.165, 1.54) is 11.5 Å². The molecule has 5 nitrogen and oxygen atoms in total. The molecule has 4 rings (SSSR count). The second-order valence-electron chi connectivity index (χ2n) is 6.85. The molecular formula is C22H21N3O2S. The highest BCUT2D eigenvalue weighted by Gasteiger charge is 2.29. The van der Waals surface area contributed by atoms with Crippen molar-refractivity contribution in [2.75, 3.05) is 13.1 Å². The van der Waals surface area contributed by atoms with E-state index in [1.807, 2.05) is 59.5 Å². The quantitative estimate of drug-likeness (QED) is 0.701. The van der Waals surface area contributed by atoms with Gasteiger partial charge in [-0.2, -0.15) is 0 Å². The molecule has 1 N–H and O–H groups in total. The molecule has 1 fully saturated rings. The van der Waals surface area contributed by atoms with Gasteiger partial charge in [0, 0.05) is 31.3 Å². The number of hydrogen-bond donors (Lipinski definition) is 1. The van der Waals surface area contributed by atoms with Crippen LogP contribution in [0.1, 0.15) is 22.3 Å². The number of aromatic nitrogens is 1. The van der Waals surface area contributed by atoms with E-state index in [-0.39, 0.29) is 11.8 Å². The molecule has 3 aromatic rings. The molecule has 2 aromatic carbocycles. The van der Waals surface area contributed by atoms with Crippen molar-refractivity contribution in [2.24, 2.45) is 0 Å². The van der Waals surface area contributed by atoms with Gasteiger partial charge >= 0.3 is 0 Å². The maximum Gasteiger partial charge on any atom is 0.251 e. The van der Waals surface area contributed by atoms with E-state index >= 15 is 0 Å². The first-order chi connectivity index (χ1) is 13.7. The number of amides is 2. The van der Waals surface area contributed by atoms with E-state index in [9.17, 15) is 9.59 Å². The van der Waals surface area contributed by atoms with Crippen LogP contribution < -0.4 is 5.32 Å². The lowest BCUT2D eigenvalue weighted by atomic mass is 10.0. The molecule has 1 atom stereocenters. The third-order valence-electron chi connectivity index (χ3n) is 4.90. The highest BCUT2D eigenvalue weighted by molar-refractivity contribution is 7.09. The second kappa shape index (κ2) is 8.35. The van der Waals surface area contributed by atoms with E-state index in [0.29, 0.717) is 12.0 Å². The first-order valence-electron chi connectivity index (χ1n) is 9.35. The topological polar surface area (TPSA) is 62.3 Å². The zero-order chi connectivity index (χ0) is 19.3.